The average molecular weight is 323 g/mol. The second-order valence-electron chi connectivity index (χ2n) is 5.35. The molecule has 2 aromatic carbocycles. The van der Waals surface area contributed by atoms with Crippen molar-refractivity contribution in [2.24, 2.45) is 0 Å². The Morgan fingerprint density at radius 2 is 1.50 bits per heavy atom. The Morgan fingerprint density at radius 1 is 0.917 bits per heavy atom. The normalized spacial score (nSPS) is 10.4. The minimum Gasteiger partial charge on any atom is -0.341 e. The largest absolute Gasteiger partial charge is 0.341 e. The molecule has 3 amide bonds. The van der Waals surface area contributed by atoms with Crippen LogP contribution < -0.4 is 16.0 Å². The van der Waals surface area contributed by atoms with Crippen LogP contribution in [-0.4, -0.2) is 19.0 Å². The van der Waals surface area contributed by atoms with Crippen LogP contribution in [0, 0.1) is 6.92 Å². The van der Waals surface area contributed by atoms with Gasteiger partial charge in [-0.25, -0.2) is 4.79 Å². The Kier molecular flexibility index (Phi) is 6.14. The molecule has 0 saturated heterocycles. The van der Waals surface area contributed by atoms with Crippen molar-refractivity contribution in [3.63, 3.8) is 0 Å². The second kappa shape index (κ2) is 8.53. The lowest BCUT2D eigenvalue weighted by atomic mass is 10.1. The topological polar surface area (TPSA) is 70.2 Å². The number of benzene rings is 2. The highest BCUT2D eigenvalue weighted by Gasteiger charge is 2.02. The fraction of sp³-hybridized carbons (Fsp3) is 0.158. The van der Waals surface area contributed by atoms with Gasteiger partial charge in [-0.15, -0.1) is 0 Å². The molecule has 2 rings (SSSR count). The maximum atomic E-state index is 11.9. The number of hydrogen-bond donors (Lipinski definition) is 3. The molecule has 0 aliphatic rings. The van der Waals surface area contributed by atoms with Crippen LogP contribution in [0.25, 0.3) is 6.08 Å². The van der Waals surface area contributed by atoms with Gasteiger partial charge >= 0.3 is 6.03 Å². The Bertz CT molecular complexity index is 719. The van der Waals surface area contributed by atoms with Crippen molar-refractivity contribution in [1.82, 2.24) is 5.32 Å². The molecule has 0 unspecified atom stereocenters. The summed E-state index contributed by atoms with van der Waals surface area (Å²) in [5, 5.41) is 7.94. The summed E-state index contributed by atoms with van der Waals surface area (Å²) in [7, 11) is 1.55. The van der Waals surface area contributed by atoms with Gasteiger partial charge in [0.05, 0.1) is 0 Å². The molecule has 24 heavy (non-hydrogen) atoms. The van der Waals surface area contributed by atoms with E-state index in [2.05, 4.69) is 16.0 Å². The number of anilines is 2. The van der Waals surface area contributed by atoms with Gasteiger partial charge in [0.1, 0.15) is 0 Å². The lowest BCUT2D eigenvalue weighted by Crippen LogP contribution is -2.24. The quantitative estimate of drug-likeness (QED) is 0.783. The SMILES string of the molecule is CNC(=O)Nc1ccc(NC(=O)CC=Cc2ccc(C)cc2)cc1. The first-order valence-corrected chi connectivity index (χ1v) is 7.68. The van der Waals surface area contributed by atoms with E-state index in [0.29, 0.717) is 17.8 Å². The molecular weight excluding hydrogens is 302 g/mol. The second-order valence-corrected chi connectivity index (χ2v) is 5.35. The van der Waals surface area contributed by atoms with Gasteiger partial charge in [0.25, 0.3) is 0 Å². The molecule has 0 heterocycles. The number of urea groups is 1. The van der Waals surface area contributed by atoms with Crippen molar-refractivity contribution in [1.29, 1.82) is 0 Å². The first-order valence-electron chi connectivity index (χ1n) is 7.68. The minimum absolute atomic E-state index is 0.0922. The molecule has 3 N–H and O–H groups in total. The number of rotatable bonds is 5. The minimum atomic E-state index is -0.284. The molecule has 0 aromatic heterocycles. The zero-order valence-electron chi connectivity index (χ0n) is 13.8. The predicted octanol–water partition coefficient (Wildman–Crippen LogP) is 3.79. The van der Waals surface area contributed by atoms with E-state index in [1.54, 1.807) is 31.3 Å². The molecule has 124 valence electrons. The van der Waals surface area contributed by atoms with Crippen molar-refractivity contribution < 1.29 is 9.59 Å². The van der Waals surface area contributed by atoms with E-state index in [1.807, 2.05) is 43.3 Å². The first-order chi connectivity index (χ1) is 11.6. The third-order valence-electron chi connectivity index (χ3n) is 3.34. The molecule has 0 radical (unpaired) electrons. The summed E-state index contributed by atoms with van der Waals surface area (Å²) in [4.78, 5) is 23.1. The van der Waals surface area contributed by atoms with Crippen LogP contribution in [0.3, 0.4) is 0 Å². The summed E-state index contributed by atoms with van der Waals surface area (Å²) in [5.41, 5.74) is 3.62. The zero-order chi connectivity index (χ0) is 17.4. The molecule has 0 fully saturated rings. The van der Waals surface area contributed by atoms with Gasteiger partial charge < -0.3 is 16.0 Å². The Balaban J connectivity index is 1.83. The van der Waals surface area contributed by atoms with E-state index in [9.17, 15) is 9.59 Å². The maximum Gasteiger partial charge on any atom is 0.318 e. The van der Waals surface area contributed by atoms with Crippen LogP contribution in [0.2, 0.25) is 0 Å². The molecule has 5 heteroatoms. The summed E-state index contributed by atoms with van der Waals surface area (Å²) in [6.07, 6.45) is 4.06. The van der Waals surface area contributed by atoms with Gasteiger partial charge in [0, 0.05) is 24.8 Å². The Hall–Kier alpha value is -3.08. The highest BCUT2D eigenvalue weighted by molar-refractivity contribution is 5.93. The number of amides is 3. The van der Waals surface area contributed by atoms with Crippen molar-refractivity contribution in [3.8, 4) is 0 Å². The molecule has 0 spiro atoms. The van der Waals surface area contributed by atoms with E-state index >= 15 is 0 Å². The third-order valence-corrected chi connectivity index (χ3v) is 3.34. The van der Waals surface area contributed by atoms with Crippen LogP contribution in [-0.2, 0) is 4.79 Å². The first kappa shape index (κ1) is 17.3. The molecule has 2 aromatic rings. The molecule has 0 aliphatic heterocycles. The standard InChI is InChI=1S/C19H21N3O2/c1-14-6-8-15(9-7-14)4-3-5-18(23)21-16-10-12-17(13-11-16)22-19(24)20-2/h3-4,6-13H,5H2,1-2H3,(H,21,23)(H2,20,22,24). The van der Waals surface area contributed by atoms with Gasteiger partial charge in [0.2, 0.25) is 5.91 Å². The number of nitrogens with one attached hydrogen (secondary N) is 3. The molecular formula is C19H21N3O2. The molecule has 0 atom stereocenters. The van der Waals surface area contributed by atoms with E-state index in [0.717, 1.165) is 5.56 Å². The smallest absolute Gasteiger partial charge is 0.318 e. The average Bonchev–Trinajstić information content (AvgIpc) is 2.58. The highest BCUT2D eigenvalue weighted by atomic mass is 16.2. The van der Waals surface area contributed by atoms with E-state index in [1.165, 1.54) is 5.56 Å². The summed E-state index contributed by atoms with van der Waals surface area (Å²) >= 11 is 0. The lowest BCUT2D eigenvalue weighted by molar-refractivity contribution is -0.115. The van der Waals surface area contributed by atoms with Gasteiger partial charge in [-0.2, -0.15) is 0 Å². The summed E-state index contributed by atoms with van der Waals surface area (Å²) in [5.74, 6) is -0.0922. The van der Waals surface area contributed by atoms with E-state index in [-0.39, 0.29) is 11.9 Å². The summed E-state index contributed by atoms with van der Waals surface area (Å²) in [6.45, 7) is 2.04. The van der Waals surface area contributed by atoms with Crippen LogP contribution in [0.15, 0.2) is 54.6 Å². The van der Waals surface area contributed by atoms with Crippen LogP contribution in [0.1, 0.15) is 17.5 Å². The molecule has 0 aliphatic carbocycles. The van der Waals surface area contributed by atoms with E-state index < -0.39 is 0 Å². The van der Waals surface area contributed by atoms with Crippen molar-refractivity contribution in [2.75, 3.05) is 17.7 Å². The number of carbonyl (C=O) groups excluding carboxylic acids is 2. The Labute approximate surface area is 141 Å². The number of carbonyl (C=O) groups is 2. The summed E-state index contributed by atoms with van der Waals surface area (Å²) < 4.78 is 0. The monoisotopic (exact) mass is 323 g/mol. The molecule has 5 nitrogen and oxygen atoms in total. The molecule has 0 saturated carbocycles. The van der Waals surface area contributed by atoms with Crippen molar-refractivity contribution >= 4 is 29.4 Å². The number of hydrogen-bond acceptors (Lipinski definition) is 2. The predicted molar refractivity (Wildman–Crippen MR) is 98.0 cm³/mol. The lowest BCUT2D eigenvalue weighted by Gasteiger charge is -2.07. The van der Waals surface area contributed by atoms with Crippen LogP contribution >= 0.6 is 0 Å². The van der Waals surface area contributed by atoms with Crippen molar-refractivity contribution in [2.45, 2.75) is 13.3 Å². The van der Waals surface area contributed by atoms with Crippen LogP contribution in [0.4, 0.5) is 16.2 Å². The molecule has 0 bridgehead atoms. The van der Waals surface area contributed by atoms with Gasteiger partial charge in [-0.3, -0.25) is 4.79 Å². The number of aryl methyl sites for hydroxylation is 1. The fourth-order valence-corrected chi connectivity index (χ4v) is 2.02. The Morgan fingerprint density at radius 3 is 2.08 bits per heavy atom. The van der Waals surface area contributed by atoms with Gasteiger partial charge in [-0.05, 0) is 36.8 Å². The third kappa shape index (κ3) is 5.61. The maximum absolute atomic E-state index is 11.9. The highest BCUT2D eigenvalue weighted by Crippen LogP contribution is 2.14. The fourth-order valence-electron chi connectivity index (χ4n) is 2.02. The van der Waals surface area contributed by atoms with Crippen LogP contribution in [0.5, 0.6) is 0 Å². The van der Waals surface area contributed by atoms with Gasteiger partial charge in [0.15, 0.2) is 0 Å². The van der Waals surface area contributed by atoms with Crippen molar-refractivity contribution in [3.05, 3.63) is 65.7 Å². The zero-order valence-corrected chi connectivity index (χ0v) is 13.8. The van der Waals surface area contributed by atoms with E-state index in [4.69, 9.17) is 0 Å². The van der Waals surface area contributed by atoms with Gasteiger partial charge in [-0.1, -0.05) is 42.0 Å². The summed E-state index contributed by atoms with van der Waals surface area (Å²) in [6, 6.07) is 14.8.